The molecule has 9 heteroatoms. The largest absolute Gasteiger partial charge is 0.386 e. The van der Waals surface area contributed by atoms with Gasteiger partial charge in [0.1, 0.15) is 27.6 Å². The topological polar surface area (TPSA) is 112 Å². The number of ketones is 1. The number of nitrogens with two attached hydrogens (primary N) is 1. The molecule has 2 aliphatic heterocycles. The molecule has 30 heavy (non-hydrogen) atoms. The van der Waals surface area contributed by atoms with Gasteiger partial charge in [-0.25, -0.2) is 12.8 Å². The lowest BCUT2D eigenvalue weighted by atomic mass is 9.85. The number of pyridine rings is 1. The van der Waals surface area contributed by atoms with Gasteiger partial charge in [0.25, 0.3) is 0 Å². The van der Waals surface area contributed by atoms with E-state index < -0.39 is 25.9 Å². The van der Waals surface area contributed by atoms with Gasteiger partial charge in [-0.15, -0.1) is 0 Å². The number of Topliss-reactive ketones (excluding diaryl/α,β-unsaturated/α-hetero) is 1. The Morgan fingerprint density at radius 2 is 2.03 bits per heavy atom. The fourth-order valence-electron chi connectivity index (χ4n) is 3.78. The predicted molar refractivity (Wildman–Crippen MR) is 109 cm³/mol. The highest BCUT2D eigenvalue weighted by molar-refractivity contribution is 7.93. The van der Waals surface area contributed by atoms with Gasteiger partial charge < -0.3 is 10.5 Å². The summed E-state index contributed by atoms with van der Waals surface area (Å²) in [7, 11) is -3.59. The number of nitrogens with zero attached hydrogens (tertiary/aromatic N) is 2. The van der Waals surface area contributed by atoms with Crippen molar-refractivity contribution < 1.29 is 22.3 Å². The van der Waals surface area contributed by atoms with E-state index in [0.29, 0.717) is 17.7 Å². The fourth-order valence-corrected chi connectivity index (χ4v) is 5.44. The van der Waals surface area contributed by atoms with Crippen molar-refractivity contribution in [3.8, 4) is 0 Å². The van der Waals surface area contributed by atoms with Gasteiger partial charge in [0, 0.05) is 6.42 Å². The highest BCUT2D eigenvalue weighted by atomic mass is 32.2. The molecule has 2 aromatic rings. The lowest BCUT2D eigenvalue weighted by Crippen LogP contribution is -2.57. The van der Waals surface area contributed by atoms with Gasteiger partial charge in [0.15, 0.2) is 15.6 Å². The van der Waals surface area contributed by atoms with Crippen molar-refractivity contribution in [2.45, 2.75) is 37.2 Å². The summed E-state index contributed by atoms with van der Waals surface area (Å²) in [4.78, 5) is 21.0. The molecule has 2 N–H and O–H groups in total. The number of carbonyl (C=O) groups excluding carboxylic acids is 1. The van der Waals surface area contributed by atoms with Gasteiger partial charge in [-0.2, -0.15) is 0 Å². The van der Waals surface area contributed by atoms with Gasteiger partial charge in [-0.05, 0) is 42.7 Å². The Labute approximate surface area is 174 Å². The molecule has 0 unspecified atom stereocenters. The highest BCUT2D eigenvalue weighted by Crippen LogP contribution is 2.41. The molecule has 2 aliphatic rings. The maximum absolute atomic E-state index is 13.1. The smallest absolute Gasteiger partial charge is 0.185 e. The van der Waals surface area contributed by atoms with Crippen LogP contribution in [0.2, 0.25) is 0 Å². The van der Waals surface area contributed by atoms with Gasteiger partial charge in [0.2, 0.25) is 0 Å². The second kappa shape index (κ2) is 6.95. The Morgan fingerprint density at radius 3 is 2.70 bits per heavy atom. The van der Waals surface area contributed by atoms with Crippen molar-refractivity contribution in [2.75, 3.05) is 12.4 Å². The van der Waals surface area contributed by atoms with E-state index in [1.807, 2.05) is 6.07 Å². The fraction of sp³-hybridized carbons (Fsp3) is 0.381. The molecule has 7 nitrogen and oxygen atoms in total. The summed E-state index contributed by atoms with van der Waals surface area (Å²) in [5, 5.41) is 0. The van der Waals surface area contributed by atoms with E-state index in [-0.39, 0.29) is 36.1 Å². The zero-order chi connectivity index (χ0) is 21.7. The molecule has 158 valence electrons. The van der Waals surface area contributed by atoms with Crippen molar-refractivity contribution in [1.82, 2.24) is 4.98 Å². The number of benzene rings is 1. The van der Waals surface area contributed by atoms with Gasteiger partial charge in [-0.1, -0.05) is 18.2 Å². The second-order valence-electron chi connectivity index (χ2n) is 8.24. The lowest BCUT2D eigenvalue weighted by Gasteiger charge is -2.42. The van der Waals surface area contributed by atoms with Crippen molar-refractivity contribution in [3.63, 3.8) is 0 Å². The van der Waals surface area contributed by atoms with E-state index in [1.54, 1.807) is 26.0 Å². The third-order valence-corrected chi connectivity index (χ3v) is 8.43. The van der Waals surface area contributed by atoms with Crippen molar-refractivity contribution in [3.05, 3.63) is 64.7 Å². The first-order valence-electron chi connectivity index (χ1n) is 9.47. The summed E-state index contributed by atoms with van der Waals surface area (Å²) in [5.74, 6) is -0.963. The number of hydrogen-bond donors (Lipinski definition) is 1. The summed E-state index contributed by atoms with van der Waals surface area (Å²) >= 11 is 0. The molecule has 4 rings (SSSR count). The molecule has 3 heterocycles. The summed E-state index contributed by atoms with van der Waals surface area (Å²) in [6.45, 7) is 3.50. The number of aliphatic imine (C=N–C) groups is 1. The van der Waals surface area contributed by atoms with Crippen molar-refractivity contribution >= 4 is 21.5 Å². The maximum Gasteiger partial charge on any atom is 0.185 e. The number of hydrogen-bond acceptors (Lipinski definition) is 7. The summed E-state index contributed by atoms with van der Waals surface area (Å²) in [5.41, 5.74) is 7.30. The van der Waals surface area contributed by atoms with E-state index in [2.05, 4.69) is 9.98 Å². The number of amidine groups is 1. The summed E-state index contributed by atoms with van der Waals surface area (Å²) in [6, 6.07) is 7.92. The minimum atomic E-state index is -3.59. The third-order valence-electron chi connectivity index (χ3n) is 5.81. The van der Waals surface area contributed by atoms with E-state index >= 15 is 0 Å². The van der Waals surface area contributed by atoms with E-state index in [0.717, 1.165) is 11.8 Å². The quantitative estimate of drug-likeness (QED) is 0.744. The zero-order valence-corrected chi connectivity index (χ0v) is 17.5. The Morgan fingerprint density at radius 1 is 1.27 bits per heavy atom. The molecule has 1 aromatic carbocycles. The Balaban J connectivity index is 1.73. The first kappa shape index (κ1) is 20.6. The average molecular weight is 431 g/mol. The van der Waals surface area contributed by atoms with Crippen LogP contribution in [0.3, 0.4) is 0 Å². The van der Waals surface area contributed by atoms with Gasteiger partial charge in [-0.3, -0.25) is 14.8 Å². The molecular weight excluding hydrogens is 409 g/mol. The number of fused-ring (bicyclic) bond motifs is 2. The SMILES string of the molecule is CC1(C)C(N)=N[C@@]2(COCc3ccc(CC(=O)c4ccc(F)cn4)cc32)CS1(=O)=O. The molecular formula is C21H22FN3O4S. The number of carbonyl (C=O) groups is 1. The predicted octanol–water partition coefficient (Wildman–Crippen LogP) is 1.94. The highest BCUT2D eigenvalue weighted by Gasteiger charge is 2.52. The van der Waals surface area contributed by atoms with E-state index in [1.165, 1.54) is 12.1 Å². The maximum atomic E-state index is 13.1. The van der Waals surface area contributed by atoms with Crippen LogP contribution < -0.4 is 5.73 Å². The molecule has 0 aliphatic carbocycles. The molecule has 1 spiro atoms. The first-order valence-corrected chi connectivity index (χ1v) is 11.1. The monoisotopic (exact) mass is 431 g/mol. The number of rotatable bonds is 3. The molecule has 0 amide bonds. The molecule has 0 saturated carbocycles. The lowest BCUT2D eigenvalue weighted by molar-refractivity contribution is 0.0609. The van der Waals surface area contributed by atoms with Crippen LogP contribution in [-0.4, -0.2) is 42.1 Å². The molecule has 0 bridgehead atoms. The average Bonchev–Trinajstić information content (AvgIpc) is 2.67. The standard InChI is InChI=1S/C21H22FN3O4S/c1-20(2)19(23)25-21(12-30(20,27)28)11-29-10-14-4-3-13(7-16(14)21)8-18(26)17-6-5-15(22)9-24-17/h3-7,9H,8,10-12H2,1-2H3,(H2,23,25)/t21-/m0/s1. The van der Waals surface area contributed by atoms with Gasteiger partial charge in [0.05, 0.1) is 25.2 Å². The second-order valence-corrected chi connectivity index (χ2v) is 10.8. The van der Waals surface area contributed by atoms with Crippen LogP contribution in [0.1, 0.15) is 41.0 Å². The van der Waals surface area contributed by atoms with Crippen LogP contribution in [0.4, 0.5) is 4.39 Å². The van der Waals surface area contributed by atoms with Crippen LogP contribution in [0.15, 0.2) is 41.5 Å². The van der Waals surface area contributed by atoms with E-state index in [4.69, 9.17) is 10.5 Å². The zero-order valence-electron chi connectivity index (χ0n) is 16.7. The van der Waals surface area contributed by atoms with Crippen molar-refractivity contribution in [2.24, 2.45) is 10.7 Å². The number of aromatic nitrogens is 1. The van der Waals surface area contributed by atoms with Crippen LogP contribution in [0.5, 0.6) is 0 Å². The number of ether oxygens (including phenoxy) is 1. The minimum absolute atomic E-state index is 0.0420. The summed E-state index contributed by atoms with van der Waals surface area (Å²) < 4.78 is 43.4. The first-order chi connectivity index (χ1) is 14.0. The number of sulfone groups is 1. The molecule has 0 fully saturated rings. The molecule has 1 atom stereocenters. The third kappa shape index (κ3) is 3.31. The van der Waals surface area contributed by atoms with E-state index in [9.17, 15) is 17.6 Å². The Bertz CT molecular complexity index is 1160. The Kier molecular flexibility index (Phi) is 4.78. The minimum Gasteiger partial charge on any atom is -0.386 e. The summed E-state index contributed by atoms with van der Waals surface area (Å²) in [6.07, 6.45) is 1.04. The molecule has 0 saturated heterocycles. The van der Waals surface area contributed by atoms with Crippen molar-refractivity contribution in [1.29, 1.82) is 0 Å². The van der Waals surface area contributed by atoms with Crippen LogP contribution in [-0.2, 0) is 33.1 Å². The molecule has 1 aromatic heterocycles. The van der Waals surface area contributed by atoms with Crippen LogP contribution >= 0.6 is 0 Å². The normalized spacial score (nSPS) is 24.2. The number of halogens is 1. The van der Waals surface area contributed by atoms with Gasteiger partial charge >= 0.3 is 0 Å². The molecule has 0 radical (unpaired) electrons. The van der Waals surface area contributed by atoms with Crippen LogP contribution in [0, 0.1) is 5.82 Å². The Hall–Kier alpha value is -2.65. The van der Waals surface area contributed by atoms with Crippen LogP contribution in [0.25, 0.3) is 0 Å².